The second-order valence-corrected chi connectivity index (χ2v) is 6.64. The first-order valence-electron chi connectivity index (χ1n) is 9.11. The SMILES string of the molecule is CCOC(=O)C1C2c3ccccc3C(C1C(=O)OCC)[n+]1ccccc12. The zero-order chi connectivity index (χ0) is 18.3. The second-order valence-electron chi connectivity index (χ2n) is 6.64. The molecule has 134 valence electrons. The molecule has 2 aliphatic heterocycles. The van der Waals surface area contributed by atoms with Crippen molar-refractivity contribution in [2.75, 3.05) is 13.2 Å². The van der Waals surface area contributed by atoms with Crippen LogP contribution in [0.1, 0.15) is 42.6 Å². The van der Waals surface area contributed by atoms with Crippen molar-refractivity contribution in [1.29, 1.82) is 0 Å². The maximum absolute atomic E-state index is 12.9. The minimum atomic E-state index is -0.589. The molecule has 26 heavy (non-hydrogen) atoms. The zero-order valence-corrected chi connectivity index (χ0v) is 14.9. The first-order valence-corrected chi connectivity index (χ1v) is 9.11. The third-order valence-corrected chi connectivity index (χ3v) is 5.39. The number of hydrogen-bond acceptors (Lipinski definition) is 4. The van der Waals surface area contributed by atoms with Gasteiger partial charge in [0.25, 0.3) is 0 Å². The van der Waals surface area contributed by atoms with Gasteiger partial charge in [0, 0.05) is 17.7 Å². The third kappa shape index (κ3) is 2.34. The average molecular weight is 352 g/mol. The highest BCUT2D eigenvalue weighted by molar-refractivity contribution is 5.85. The number of carbonyl (C=O) groups is 2. The lowest BCUT2D eigenvalue weighted by atomic mass is 9.62. The van der Waals surface area contributed by atoms with Crippen molar-refractivity contribution >= 4 is 11.9 Å². The van der Waals surface area contributed by atoms with Gasteiger partial charge in [0.15, 0.2) is 17.9 Å². The summed E-state index contributed by atoms with van der Waals surface area (Å²) in [5, 5.41) is 0. The Kier molecular flexibility index (Phi) is 4.23. The molecule has 0 amide bonds. The Balaban J connectivity index is 1.94. The molecule has 0 fully saturated rings. The van der Waals surface area contributed by atoms with E-state index in [1.165, 1.54) is 0 Å². The van der Waals surface area contributed by atoms with E-state index in [0.717, 1.165) is 16.8 Å². The van der Waals surface area contributed by atoms with E-state index < -0.39 is 11.8 Å². The van der Waals surface area contributed by atoms with Crippen molar-refractivity contribution in [3.05, 3.63) is 65.5 Å². The molecule has 4 unspecified atom stereocenters. The van der Waals surface area contributed by atoms with Crippen molar-refractivity contribution in [2.24, 2.45) is 11.8 Å². The predicted octanol–water partition coefficient (Wildman–Crippen LogP) is 2.38. The van der Waals surface area contributed by atoms with E-state index in [9.17, 15) is 9.59 Å². The van der Waals surface area contributed by atoms with Crippen molar-refractivity contribution in [1.82, 2.24) is 0 Å². The smallest absolute Gasteiger partial charge is 0.317 e. The van der Waals surface area contributed by atoms with Crippen LogP contribution in [0, 0.1) is 11.8 Å². The Morgan fingerprint density at radius 1 is 0.885 bits per heavy atom. The summed E-state index contributed by atoms with van der Waals surface area (Å²) < 4.78 is 12.8. The largest absolute Gasteiger partial charge is 0.466 e. The van der Waals surface area contributed by atoms with Crippen LogP contribution in [0.4, 0.5) is 0 Å². The second kappa shape index (κ2) is 6.56. The molecule has 1 aromatic carbocycles. The van der Waals surface area contributed by atoms with Gasteiger partial charge in [-0.3, -0.25) is 9.59 Å². The summed E-state index contributed by atoms with van der Waals surface area (Å²) in [5.74, 6) is -2.04. The number of nitrogens with zero attached hydrogens (tertiary/aromatic N) is 1. The lowest BCUT2D eigenvalue weighted by molar-refractivity contribution is -0.737. The molecule has 5 nitrogen and oxygen atoms in total. The molecular formula is C21H22NO4+. The summed E-state index contributed by atoms with van der Waals surface area (Å²) in [4.78, 5) is 25.8. The minimum absolute atomic E-state index is 0.217. The average Bonchev–Trinajstić information content (AvgIpc) is 2.67. The van der Waals surface area contributed by atoms with Crippen molar-refractivity contribution in [2.45, 2.75) is 25.8 Å². The number of pyridine rings is 1. The summed E-state index contributed by atoms with van der Waals surface area (Å²) in [6.45, 7) is 4.15. The van der Waals surface area contributed by atoms with Gasteiger partial charge in [-0.05, 0) is 19.4 Å². The number of ether oxygens (including phenoxy) is 2. The van der Waals surface area contributed by atoms with Gasteiger partial charge in [-0.2, -0.15) is 4.57 Å². The van der Waals surface area contributed by atoms with E-state index in [4.69, 9.17) is 9.47 Å². The first kappa shape index (κ1) is 16.8. The fourth-order valence-electron chi connectivity index (χ4n) is 4.54. The summed E-state index contributed by atoms with van der Waals surface area (Å²) in [6.07, 6.45) is 1.98. The lowest BCUT2D eigenvalue weighted by Gasteiger charge is -2.43. The van der Waals surface area contributed by atoms with Gasteiger partial charge < -0.3 is 9.47 Å². The van der Waals surface area contributed by atoms with Crippen LogP contribution in [0.5, 0.6) is 0 Å². The van der Waals surface area contributed by atoms with Gasteiger partial charge in [-0.25, -0.2) is 0 Å². The third-order valence-electron chi connectivity index (χ3n) is 5.39. The molecular weight excluding hydrogens is 330 g/mol. The molecule has 1 aromatic heterocycles. The molecule has 0 saturated heterocycles. The highest BCUT2D eigenvalue weighted by Crippen LogP contribution is 2.52. The quantitative estimate of drug-likeness (QED) is 0.626. The minimum Gasteiger partial charge on any atom is -0.466 e. The molecule has 2 aromatic rings. The summed E-state index contributed by atoms with van der Waals surface area (Å²) in [5.41, 5.74) is 3.22. The molecule has 4 atom stereocenters. The molecule has 0 N–H and O–H groups in total. The Bertz CT molecular complexity index is 745. The molecule has 0 radical (unpaired) electrons. The fourth-order valence-corrected chi connectivity index (χ4v) is 4.54. The highest BCUT2D eigenvalue weighted by atomic mass is 16.5. The maximum atomic E-state index is 12.9. The first-order chi connectivity index (χ1) is 12.7. The predicted molar refractivity (Wildman–Crippen MR) is 93.3 cm³/mol. The van der Waals surface area contributed by atoms with Crippen LogP contribution in [0.3, 0.4) is 0 Å². The van der Waals surface area contributed by atoms with Crippen LogP contribution in [0.25, 0.3) is 0 Å². The number of carbonyl (C=O) groups excluding carboxylic acids is 2. The molecule has 1 aliphatic carbocycles. The van der Waals surface area contributed by atoms with Gasteiger partial charge in [-0.1, -0.05) is 30.3 Å². The van der Waals surface area contributed by atoms with E-state index in [2.05, 4.69) is 10.6 Å². The topological polar surface area (TPSA) is 56.5 Å². The van der Waals surface area contributed by atoms with E-state index in [0.29, 0.717) is 6.61 Å². The summed E-state index contributed by atoms with van der Waals surface area (Å²) in [7, 11) is 0. The maximum Gasteiger partial charge on any atom is 0.317 e. The summed E-state index contributed by atoms with van der Waals surface area (Å²) in [6, 6.07) is 13.7. The van der Waals surface area contributed by atoms with Crippen LogP contribution in [-0.2, 0) is 19.1 Å². The molecule has 0 saturated carbocycles. The van der Waals surface area contributed by atoms with Crippen molar-refractivity contribution < 1.29 is 23.6 Å². The van der Waals surface area contributed by atoms with Gasteiger partial charge in [0.1, 0.15) is 5.92 Å². The van der Waals surface area contributed by atoms with E-state index in [-0.39, 0.29) is 30.5 Å². The fraction of sp³-hybridized carbons (Fsp3) is 0.381. The molecule has 3 aliphatic rings. The Morgan fingerprint density at radius 2 is 1.50 bits per heavy atom. The van der Waals surface area contributed by atoms with Gasteiger partial charge >= 0.3 is 11.9 Å². The number of fused-ring (bicyclic) bond motifs is 1. The number of hydrogen-bond donors (Lipinski definition) is 0. The van der Waals surface area contributed by atoms with Gasteiger partial charge in [0.05, 0.1) is 25.0 Å². The number of rotatable bonds is 4. The van der Waals surface area contributed by atoms with Crippen LogP contribution in [0.2, 0.25) is 0 Å². The van der Waals surface area contributed by atoms with E-state index >= 15 is 0 Å². The highest BCUT2D eigenvalue weighted by Gasteiger charge is 2.61. The standard InChI is InChI=1S/C21H22NO4/c1-3-25-20(23)17-16-13-9-5-6-10-14(13)19(18(17)21(24)26-4-2)22-12-8-7-11-15(16)22/h5-12,16-19H,3-4H2,1-2H3/q+1. The zero-order valence-electron chi connectivity index (χ0n) is 14.9. The Labute approximate surface area is 152 Å². The van der Waals surface area contributed by atoms with Crippen LogP contribution in [-0.4, -0.2) is 25.2 Å². The van der Waals surface area contributed by atoms with Crippen LogP contribution in [0.15, 0.2) is 48.7 Å². The van der Waals surface area contributed by atoms with Gasteiger partial charge in [0.2, 0.25) is 0 Å². The molecule has 5 rings (SSSR count). The lowest BCUT2D eigenvalue weighted by Crippen LogP contribution is -2.62. The van der Waals surface area contributed by atoms with E-state index in [1.54, 1.807) is 13.8 Å². The van der Waals surface area contributed by atoms with Crippen molar-refractivity contribution in [3.8, 4) is 0 Å². The monoisotopic (exact) mass is 352 g/mol. The van der Waals surface area contributed by atoms with Crippen LogP contribution >= 0.6 is 0 Å². The number of aromatic nitrogens is 1. The van der Waals surface area contributed by atoms with Crippen LogP contribution < -0.4 is 4.57 Å². The molecule has 5 heteroatoms. The van der Waals surface area contributed by atoms with Gasteiger partial charge in [-0.15, -0.1) is 0 Å². The molecule has 2 bridgehead atoms. The molecule has 0 spiro atoms. The normalized spacial score (nSPS) is 25.2. The number of esters is 2. The Hall–Kier alpha value is -2.69. The molecule has 3 heterocycles. The van der Waals surface area contributed by atoms with E-state index in [1.807, 2.05) is 42.6 Å². The Morgan fingerprint density at radius 3 is 2.19 bits per heavy atom. The number of benzene rings is 1. The summed E-state index contributed by atoms with van der Waals surface area (Å²) >= 11 is 0. The van der Waals surface area contributed by atoms with Crippen molar-refractivity contribution in [3.63, 3.8) is 0 Å².